The molecule has 0 spiro atoms. The van der Waals surface area contributed by atoms with E-state index in [0.717, 1.165) is 66.4 Å². The Kier molecular flexibility index (Phi) is 5.62. The average molecular weight is 415 g/mol. The van der Waals surface area contributed by atoms with Gasteiger partial charge >= 0.3 is 0 Å². The van der Waals surface area contributed by atoms with Crippen molar-refractivity contribution in [3.05, 3.63) is 58.1 Å². The number of fused-ring (bicyclic) bond motifs is 1. The Balaban J connectivity index is 1.32. The van der Waals surface area contributed by atoms with Crippen LogP contribution in [0.4, 0.5) is 5.69 Å². The number of carbonyl (C=O) groups is 1. The van der Waals surface area contributed by atoms with Gasteiger partial charge in [0, 0.05) is 53.9 Å². The van der Waals surface area contributed by atoms with E-state index in [4.69, 9.17) is 17.0 Å². The number of halogens is 1. The molecule has 4 rings (SSSR count). The lowest BCUT2D eigenvalue weighted by atomic mass is 10.1. The number of carbonyl (C=O) groups excluding carboxylic acids is 1. The first-order valence-electron chi connectivity index (χ1n) is 9.46. The Morgan fingerprint density at radius 2 is 1.93 bits per heavy atom. The number of piperazine rings is 1. The van der Waals surface area contributed by atoms with Gasteiger partial charge in [-0.2, -0.15) is 0 Å². The van der Waals surface area contributed by atoms with Crippen LogP contribution in [0.25, 0.3) is 0 Å². The fourth-order valence-corrected chi connectivity index (χ4v) is 4.33. The average Bonchev–Trinajstić information content (AvgIpc) is 3.05. The van der Waals surface area contributed by atoms with E-state index in [9.17, 15) is 4.79 Å². The SMILES string of the molecule is N=C(c1ccccc1S)N1CCN(CCc2cc3c(cc2Cl)NC(=O)C3)CC1. The second-order valence-corrected chi connectivity index (χ2v) is 8.16. The molecule has 0 bridgehead atoms. The zero-order chi connectivity index (χ0) is 19.7. The quantitative estimate of drug-likeness (QED) is 0.408. The molecule has 28 heavy (non-hydrogen) atoms. The van der Waals surface area contributed by atoms with E-state index in [2.05, 4.69) is 33.8 Å². The molecule has 1 saturated heterocycles. The van der Waals surface area contributed by atoms with Gasteiger partial charge in [-0.15, -0.1) is 12.6 Å². The van der Waals surface area contributed by atoms with Gasteiger partial charge in [-0.3, -0.25) is 15.1 Å². The highest BCUT2D eigenvalue weighted by Crippen LogP contribution is 2.30. The van der Waals surface area contributed by atoms with Gasteiger partial charge in [0.15, 0.2) is 0 Å². The van der Waals surface area contributed by atoms with E-state index < -0.39 is 0 Å². The molecule has 0 radical (unpaired) electrons. The summed E-state index contributed by atoms with van der Waals surface area (Å²) in [6.45, 7) is 4.41. The van der Waals surface area contributed by atoms with Crippen molar-refractivity contribution in [2.24, 2.45) is 0 Å². The fourth-order valence-electron chi connectivity index (χ4n) is 3.81. The number of thiol groups is 1. The van der Waals surface area contributed by atoms with Crippen LogP contribution in [-0.2, 0) is 17.6 Å². The molecular weight excluding hydrogens is 392 g/mol. The van der Waals surface area contributed by atoms with Crippen molar-refractivity contribution in [3.63, 3.8) is 0 Å². The third-order valence-corrected chi connectivity index (χ3v) is 6.18. The molecule has 7 heteroatoms. The molecular formula is C21H23ClN4OS. The highest BCUT2D eigenvalue weighted by molar-refractivity contribution is 7.80. The summed E-state index contributed by atoms with van der Waals surface area (Å²) in [5.74, 6) is 0.577. The van der Waals surface area contributed by atoms with E-state index in [1.54, 1.807) is 0 Å². The molecule has 2 aromatic rings. The molecule has 0 atom stereocenters. The van der Waals surface area contributed by atoms with Crippen LogP contribution < -0.4 is 5.32 Å². The first-order chi connectivity index (χ1) is 13.5. The number of nitrogens with zero attached hydrogens (tertiary/aromatic N) is 2. The summed E-state index contributed by atoms with van der Waals surface area (Å²) in [5, 5.41) is 12.0. The molecule has 2 aliphatic heterocycles. The fraction of sp³-hybridized carbons (Fsp3) is 0.333. The monoisotopic (exact) mass is 414 g/mol. The first kappa shape index (κ1) is 19.3. The van der Waals surface area contributed by atoms with Crippen molar-refractivity contribution >= 4 is 41.7 Å². The highest BCUT2D eigenvalue weighted by Gasteiger charge is 2.22. The molecule has 0 unspecified atom stereocenters. The highest BCUT2D eigenvalue weighted by atomic mass is 35.5. The van der Waals surface area contributed by atoms with Gasteiger partial charge in [0.25, 0.3) is 0 Å². The number of amides is 1. The molecule has 2 aromatic carbocycles. The summed E-state index contributed by atoms with van der Waals surface area (Å²) in [7, 11) is 0. The van der Waals surface area contributed by atoms with Crippen LogP contribution in [0.15, 0.2) is 41.3 Å². The molecule has 0 aliphatic carbocycles. The largest absolute Gasteiger partial charge is 0.354 e. The zero-order valence-corrected chi connectivity index (χ0v) is 17.2. The van der Waals surface area contributed by atoms with E-state index in [1.165, 1.54) is 0 Å². The van der Waals surface area contributed by atoms with Crippen molar-refractivity contribution in [3.8, 4) is 0 Å². The predicted octanol–water partition coefficient (Wildman–Crippen LogP) is 3.31. The maximum absolute atomic E-state index is 11.5. The second-order valence-electron chi connectivity index (χ2n) is 7.27. The first-order valence-corrected chi connectivity index (χ1v) is 10.3. The summed E-state index contributed by atoms with van der Waals surface area (Å²) in [6.07, 6.45) is 1.30. The van der Waals surface area contributed by atoms with E-state index in [0.29, 0.717) is 17.3 Å². The third kappa shape index (κ3) is 4.04. The summed E-state index contributed by atoms with van der Waals surface area (Å²) in [6, 6.07) is 11.7. The molecule has 2 N–H and O–H groups in total. The lowest BCUT2D eigenvalue weighted by Crippen LogP contribution is -2.49. The Morgan fingerprint density at radius 3 is 2.68 bits per heavy atom. The lowest BCUT2D eigenvalue weighted by molar-refractivity contribution is -0.115. The van der Waals surface area contributed by atoms with Gasteiger partial charge < -0.3 is 10.2 Å². The standard InChI is InChI=1S/C21H23ClN4OS/c22-17-13-18-15(12-20(27)24-18)11-14(17)5-6-25-7-9-26(10-8-25)21(23)16-3-1-2-4-19(16)28/h1-4,11,13,23,28H,5-10,12H2,(H,24,27). The van der Waals surface area contributed by atoms with Gasteiger partial charge in [-0.25, -0.2) is 0 Å². The van der Waals surface area contributed by atoms with E-state index >= 15 is 0 Å². The zero-order valence-electron chi connectivity index (χ0n) is 15.5. The van der Waals surface area contributed by atoms with Crippen LogP contribution in [-0.4, -0.2) is 54.3 Å². The Labute approximate surface area is 175 Å². The third-order valence-electron chi connectivity index (χ3n) is 5.44. The lowest BCUT2D eigenvalue weighted by Gasteiger charge is -2.36. The molecule has 2 aliphatic rings. The topological polar surface area (TPSA) is 59.4 Å². The molecule has 146 valence electrons. The molecule has 1 fully saturated rings. The number of rotatable bonds is 4. The van der Waals surface area contributed by atoms with Gasteiger partial charge in [-0.1, -0.05) is 35.9 Å². The smallest absolute Gasteiger partial charge is 0.228 e. The number of benzene rings is 2. The minimum atomic E-state index is 0.0320. The van der Waals surface area contributed by atoms with Crippen LogP contribution in [0.1, 0.15) is 16.7 Å². The molecule has 0 aromatic heterocycles. The van der Waals surface area contributed by atoms with Crippen LogP contribution in [0.3, 0.4) is 0 Å². The number of hydrogen-bond donors (Lipinski definition) is 3. The van der Waals surface area contributed by atoms with Crippen LogP contribution >= 0.6 is 24.2 Å². The van der Waals surface area contributed by atoms with Gasteiger partial charge in [0.05, 0.1) is 6.42 Å². The maximum atomic E-state index is 11.5. The summed E-state index contributed by atoms with van der Waals surface area (Å²) >= 11 is 10.9. The Hall–Kier alpha value is -2.02. The van der Waals surface area contributed by atoms with E-state index in [-0.39, 0.29) is 5.91 Å². The normalized spacial score (nSPS) is 16.8. The number of hydrogen-bond acceptors (Lipinski definition) is 4. The molecule has 0 saturated carbocycles. The number of anilines is 1. The summed E-state index contributed by atoms with van der Waals surface area (Å²) in [5.41, 5.74) is 3.85. The van der Waals surface area contributed by atoms with Crippen LogP contribution in [0, 0.1) is 5.41 Å². The Morgan fingerprint density at radius 1 is 1.18 bits per heavy atom. The van der Waals surface area contributed by atoms with E-state index in [1.807, 2.05) is 30.3 Å². The van der Waals surface area contributed by atoms with Gasteiger partial charge in [-0.05, 0) is 29.7 Å². The molecule has 5 nitrogen and oxygen atoms in total. The van der Waals surface area contributed by atoms with Gasteiger partial charge in [0.2, 0.25) is 5.91 Å². The molecule has 2 heterocycles. The second kappa shape index (κ2) is 8.15. The van der Waals surface area contributed by atoms with Crippen molar-refractivity contribution in [2.75, 3.05) is 38.0 Å². The maximum Gasteiger partial charge on any atom is 0.228 e. The van der Waals surface area contributed by atoms with Crippen LogP contribution in [0.2, 0.25) is 5.02 Å². The van der Waals surface area contributed by atoms with Crippen molar-refractivity contribution in [1.29, 1.82) is 5.41 Å². The minimum absolute atomic E-state index is 0.0320. The summed E-state index contributed by atoms with van der Waals surface area (Å²) < 4.78 is 0. The van der Waals surface area contributed by atoms with Crippen LogP contribution in [0.5, 0.6) is 0 Å². The Bertz CT molecular complexity index is 925. The molecule has 1 amide bonds. The van der Waals surface area contributed by atoms with Crippen molar-refractivity contribution in [1.82, 2.24) is 9.80 Å². The predicted molar refractivity (Wildman–Crippen MR) is 116 cm³/mol. The minimum Gasteiger partial charge on any atom is -0.354 e. The van der Waals surface area contributed by atoms with Gasteiger partial charge in [0.1, 0.15) is 5.84 Å². The number of amidine groups is 1. The summed E-state index contributed by atoms with van der Waals surface area (Å²) in [4.78, 5) is 16.9. The number of nitrogens with one attached hydrogen (secondary N) is 2. The van der Waals surface area contributed by atoms with Crippen molar-refractivity contribution in [2.45, 2.75) is 17.7 Å². The van der Waals surface area contributed by atoms with Crippen molar-refractivity contribution < 1.29 is 4.79 Å².